The highest BCUT2D eigenvalue weighted by molar-refractivity contribution is 7.79. The van der Waals surface area contributed by atoms with Crippen molar-refractivity contribution in [1.29, 1.82) is 0 Å². The van der Waals surface area contributed by atoms with Gasteiger partial charge in [-0.2, -0.15) is 0 Å². The molecule has 1 unspecified atom stereocenters. The summed E-state index contributed by atoms with van der Waals surface area (Å²) in [6, 6.07) is 0. The molecular formula is C7H10NO8S-. The van der Waals surface area contributed by atoms with Crippen LogP contribution in [0.2, 0.25) is 0 Å². The van der Waals surface area contributed by atoms with Gasteiger partial charge in [0.2, 0.25) is 0 Å². The molecule has 0 saturated carbocycles. The van der Waals surface area contributed by atoms with Crippen molar-refractivity contribution in [3.8, 4) is 0 Å². The van der Waals surface area contributed by atoms with Gasteiger partial charge in [-0.25, -0.2) is 0 Å². The maximum Gasteiger partial charge on any atom is 0.294 e. The van der Waals surface area contributed by atoms with Gasteiger partial charge in [-0.1, -0.05) is 11.1 Å². The lowest BCUT2D eigenvalue weighted by atomic mass is 9.94. The first-order valence-corrected chi connectivity index (χ1v) is 6.01. The van der Waals surface area contributed by atoms with Gasteiger partial charge in [0.1, 0.15) is 17.8 Å². The summed E-state index contributed by atoms with van der Waals surface area (Å²) >= 11 is -2.49. The number of aliphatic hydroxyl groups is 1. The third-order valence-electron chi connectivity index (χ3n) is 2.88. The molecule has 17 heavy (non-hydrogen) atoms. The third kappa shape index (κ3) is 2.13. The first kappa shape index (κ1) is 12.6. The number of fused-ring (bicyclic) bond motifs is 1. The molecule has 2 fully saturated rings. The quantitative estimate of drug-likeness (QED) is 0.351. The lowest BCUT2D eigenvalue weighted by molar-refractivity contribution is -0.771. The molecule has 98 valence electrons. The average Bonchev–Trinajstić information content (AvgIpc) is 2.67. The van der Waals surface area contributed by atoms with Crippen molar-refractivity contribution in [2.24, 2.45) is 0 Å². The molecule has 2 saturated heterocycles. The van der Waals surface area contributed by atoms with E-state index >= 15 is 0 Å². The predicted molar refractivity (Wildman–Crippen MR) is 50.1 cm³/mol. The number of rotatable bonds is 4. The van der Waals surface area contributed by atoms with Gasteiger partial charge in [0.05, 0.1) is 13.2 Å². The van der Waals surface area contributed by atoms with E-state index in [0.29, 0.717) is 0 Å². The fourth-order valence-electron chi connectivity index (χ4n) is 2.22. The van der Waals surface area contributed by atoms with Crippen LogP contribution in [0.3, 0.4) is 0 Å². The third-order valence-corrected chi connectivity index (χ3v) is 3.57. The van der Waals surface area contributed by atoms with Crippen LogP contribution in [0.1, 0.15) is 0 Å². The Hall–Kier alpha value is -0.810. The van der Waals surface area contributed by atoms with Crippen molar-refractivity contribution in [2.75, 3.05) is 19.0 Å². The molecule has 0 aromatic rings. The smallest absolute Gasteiger partial charge is 0.294 e. The molecule has 2 aliphatic rings. The van der Waals surface area contributed by atoms with Gasteiger partial charge in [0.15, 0.2) is 6.10 Å². The minimum atomic E-state index is -2.49. The summed E-state index contributed by atoms with van der Waals surface area (Å²) in [5.41, 5.74) is -1.50. The van der Waals surface area contributed by atoms with E-state index in [1.54, 1.807) is 0 Å². The zero-order valence-electron chi connectivity index (χ0n) is 8.51. The Labute approximate surface area is 98.0 Å². The van der Waals surface area contributed by atoms with Crippen LogP contribution in [-0.2, 0) is 25.4 Å². The normalized spacial score (nSPS) is 42.1. The van der Waals surface area contributed by atoms with E-state index in [1.807, 2.05) is 0 Å². The first-order valence-electron chi connectivity index (χ1n) is 4.76. The minimum absolute atomic E-state index is 0.139. The van der Waals surface area contributed by atoms with Crippen molar-refractivity contribution >= 4 is 11.1 Å². The van der Waals surface area contributed by atoms with Gasteiger partial charge in [-0.05, 0) is 0 Å². The largest absolute Gasteiger partial charge is 0.772 e. The van der Waals surface area contributed by atoms with E-state index in [9.17, 15) is 24.0 Å². The van der Waals surface area contributed by atoms with Crippen LogP contribution < -0.4 is 0 Å². The van der Waals surface area contributed by atoms with Gasteiger partial charge in [-0.3, -0.25) is 4.21 Å². The van der Waals surface area contributed by atoms with E-state index in [4.69, 9.17) is 9.47 Å². The van der Waals surface area contributed by atoms with Crippen LogP contribution in [0.25, 0.3) is 0 Å². The molecule has 10 heteroatoms. The van der Waals surface area contributed by atoms with Crippen LogP contribution >= 0.6 is 0 Å². The van der Waals surface area contributed by atoms with Crippen molar-refractivity contribution in [3.05, 3.63) is 10.1 Å². The Balaban J connectivity index is 2.23. The number of hydrogen-bond donors (Lipinski definition) is 1. The van der Waals surface area contributed by atoms with Crippen LogP contribution in [0.15, 0.2) is 0 Å². The summed E-state index contributed by atoms with van der Waals surface area (Å²) < 4.78 is 31.9. The van der Waals surface area contributed by atoms with E-state index < -0.39 is 45.8 Å². The fourth-order valence-corrected chi connectivity index (χ4v) is 3.02. The maximum atomic E-state index is 10.8. The Morgan fingerprint density at radius 2 is 2.29 bits per heavy atom. The Bertz CT molecular complexity index is 351. The molecule has 0 aromatic heterocycles. The molecule has 0 amide bonds. The molecule has 0 bridgehead atoms. The summed E-state index contributed by atoms with van der Waals surface area (Å²) in [7, 11) is 0. The molecule has 0 spiro atoms. The molecule has 1 N–H and O–H groups in total. The molecule has 0 aliphatic carbocycles. The lowest BCUT2D eigenvalue weighted by Crippen LogP contribution is -2.52. The van der Waals surface area contributed by atoms with Crippen LogP contribution in [-0.4, -0.2) is 61.8 Å². The molecule has 2 rings (SSSR count). The van der Waals surface area contributed by atoms with E-state index in [1.165, 1.54) is 0 Å². The van der Waals surface area contributed by atoms with Gasteiger partial charge < -0.3 is 24.0 Å². The Morgan fingerprint density at radius 3 is 2.88 bits per heavy atom. The molecule has 2 aliphatic heterocycles. The molecular weight excluding hydrogens is 258 g/mol. The van der Waals surface area contributed by atoms with Crippen LogP contribution in [0.4, 0.5) is 0 Å². The summed E-state index contributed by atoms with van der Waals surface area (Å²) in [4.78, 5) is 14.7. The van der Waals surface area contributed by atoms with Crippen LogP contribution in [0, 0.1) is 10.1 Å². The van der Waals surface area contributed by atoms with E-state index in [2.05, 4.69) is 4.84 Å². The summed E-state index contributed by atoms with van der Waals surface area (Å²) in [6.45, 7) is -0.334. The zero-order chi connectivity index (χ0) is 12.6. The monoisotopic (exact) mass is 268 g/mol. The highest BCUT2D eigenvalue weighted by Gasteiger charge is 2.61. The van der Waals surface area contributed by atoms with Crippen LogP contribution in [0.5, 0.6) is 0 Å². The predicted octanol–water partition coefficient (Wildman–Crippen LogP) is -2.03. The average molecular weight is 268 g/mol. The highest BCUT2D eigenvalue weighted by Crippen LogP contribution is 2.39. The highest BCUT2D eigenvalue weighted by atomic mass is 32.2. The van der Waals surface area contributed by atoms with Crippen molar-refractivity contribution in [1.82, 2.24) is 0 Å². The molecule has 2 heterocycles. The van der Waals surface area contributed by atoms with Gasteiger partial charge >= 0.3 is 0 Å². The second-order valence-corrected chi connectivity index (χ2v) is 4.75. The van der Waals surface area contributed by atoms with Gasteiger partial charge in [-0.15, -0.1) is 10.1 Å². The van der Waals surface area contributed by atoms with E-state index in [0.717, 1.165) is 0 Å². The topological polar surface area (TPSA) is 131 Å². The van der Waals surface area contributed by atoms with Crippen molar-refractivity contribution < 1.29 is 33.3 Å². The number of aliphatic hydroxyl groups excluding tert-OH is 1. The number of hydrogen-bond acceptors (Lipinski definition) is 8. The van der Waals surface area contributed by atoms with Gasteiger partial charge in [0, 0.05) is 5.75 Å². The van der Waals surface area contributed by atoms with Gasteiger partial charge in [0.25, 0.3) is 5.09 Å². The van der Waals surface area contributed by atoms with Crippen molar-refractivity contribution in [3.63, 3.8) is 0 Å². The summed E-state index contributed by atoms with van der Waals surface area (Å²) in [5, 5.41) is 18.8. The minimum Gasteiger partial charge on any atom is -0.772 e. The van der Waals surface area contributed by atoms with E-state index in [-0.39, 0.29) is 13.2 Å². The molecule has 0 radical (unpaired) electrons. The Morgan fingerprint density at radius 1 is 1.59 bits per heavy atom. The fraction of sp³-hybridized carbons (Fsp3) is 1.00. The number of nitrogens with zero attached hydrogens (tertiary/aromatic N) is 1. The number of ether oxygens (including phenoxy) is 2. The summed E-state index contributed by atoms with van der Waals surface area (Å²) in [5.74, 6) is -0.521. The summed E-state index contributed by atoms with van der Waals surface area (Å²) in [6.07, 6.45) is -3.10. The SMILES string of the molecule is O=[N+]([O-])O[C@H]1CO[C@@H]2[C@H](O)CO[C@]12CS(=O)[O-]. The molecule has 9 nitrogen and oxygen atoms in total. The lowest BCUT2D eigenvalue weighted by Gasteiger charge is -2.31. The Kier molecular flexibility index (Phi) is 3.32. The first-order chi connectivity index (χ1) is 7.95. The standard InChI is InChI=1S/C7H11NO8S/c9-4-1-15-7(3-17(12)13)5(16-8(10)11)2-14-6(4)7/h4-6,9H,1-3H2,(H,12,13)/p-1/t4-,5+,6-,7-/m1/s1. The maximum absolute atomic E-state index is 10.8. The second kappa shape index (κ2) is 4.46. The second-order valence-electron chi connectivity index (χ2n) is 3.85. The molecule has 5 atom stereocenters. The zero-order valence-corrected chi connectivity index (χ0v) is 9.33. The molecule has 0 aromatic carbocycles. The van der Waals surface area contributed by atoms with Crippen molar-refractivity contribution in [2.45, 2.75) is 23.9 Å².